The van der Waals surface area contributed by atoms with Crippen molar-refractivity contribution in [2.75, 3.05) is 19.5 Å². The third kappa shape index (κ3) is 4.46. The Morgan fingerprint density at radius 3 is 2.54 bits per heavy atom. The number of halogens is 4. The zero-order valence-corrected chi connectivity index (χ0v) is 15.7. The predicted molar refractivity (Wildman–Crippen MR) is 93.3 cm³/mol. The van der Waals surface area contributed by atoms with Gasteiger partial charge in [-0.15, -0.1) is 0 Å². The van der Waals surface area contributed by atoms with E-state index in [0.29, 0.717) is 17.4 Å². The fraction of sp³-hybridized carbons (Fsp3) is 0.294. The molecule has 1 aromatic heterocycles. The number of carbonyl (C=O) groups is 1. The second kappa shape index (κ2) is 7.94. The summed E-state index contributed by atoms with van der Waals surface area (Å²) < 4.78 is 50.6. The third-order valence-corrected chi connectivity index (χ3v) is 4.12. The normalized spacial score (nSPS) is 12.4. The summed E-state index contributed by atoms with van der Waals surface area (Å²) in [6.07, 6.45) is -3.66. The molecule has 1 atom stereocenters. The van der Waals surface area contributed by atoms with Crippen LogP contribution < -0.4 is 10.1 Å². The van der Waals surface area contributed by atoms with Gasteiger partial charge >= 0.3 is 12.1 Å². The molecule has 26 heavy (non-hydrogen) atoms. The summed E-state index contributed by atoms with van der Waals surface area (Å²) in [5.41, 5.74) is -0.687. The van der Waals surface area contributed by atoms with Gasteiger partial charge in [0.05, 0.1) is 31.4 Å². The van der Waals surface area contributed by atoms with Gasteiger partial charge in [0.15, 0.2) is 0 Å². The van der Waals surface area contributed by atoms with Crippen LogP contribution in [0, 0.1) is 0 Å². The topological polar surface area (TPSA) is 60.5 Å². The monoisotopic (exact) mass is 432 g/mol. The first-order valence-electron chi connectivity index (χ1n) is 7.43. The molecule has 0 aliphatic rings. The third-order valence-electron chi connectivity index (χ3n) is 3.63. The number of hydrogen-bond acceptors (Lipinski definition) is 5. The number of aromatic nitrogens is 1. The molecule has 0 aliphatic carbocycles. The van der Waals surface area contributed by atoms with Crippen molar-refractivity contribution in [2.24, 2.45) is 0 Å². The molecule has 1 heterocycles. The van der Waals surface area contributed by atoms with Crippen LogP contribution in [-0.4, -0.2) is 25.2 Å². The summed E-state index contributed by atoms with van der Waals surface area (Å²) in [5.74, 6) is -0.760. The highest BCUT2D eigenvalue weighted by Gasteiger charge is 2.36. The zero-order valence-electron chi connectivity index (χ0n) is 14.1. The summed E-state index contributed by atoms with van der Waals surface area (Å²) in [7, 11) is 2.56. The number of hydrogen-bond donors (Lipinski definition) is 1. The number of pyridine rings is 1. The first-order chi connectivity index (χ1) is 12.2. The number of benzene rings is 1. The van der Waals surface area contributed by atoms with E-state index in [1.165, 1.54) is 7.11 Å². The number of nitrogens with one attached hydrogen (secondary N) is 1. The van der Waals surface area contributed by atoms with Crippen LogP contribution in [0.15, 0.2) is 34.9 Å². The SMILES string of the molecule is COC(=O)c1cnc(N[C@@H](C)c2cc(Br)ccc2OC)c(C(F)(F)F)c1. The van der Waals surface area contributed by atoms with Gasteiger partial charge < -0.3 is 14.8 Å². The Morgan fingerprint density at radius 2 is 1.96 bits per heavy atom. The second-order valence-corrected chi connectivity index (χ2v) is 6.28. The highest BCUT2D eigenvalue weighted by atomic mass is 79.9. The van der Waals surface area contributed by atoms with E-state index in [4.69, 9.17) is 4.74 Å². The van der Waals surface area contributed by atoms with E-state index in [9.17, 15) is 18.0 Å². The summed E-state index contributed by atoms with van der Waals surface area (Å²) in [4.78, 5) is 15.3. The molecule has 140 valence electrons. The van der Waals surface area contributed by atoms with Crippen molar-refractivity contribution in [3.05, 3.63) is 51.6 Å². The van der Waals surface area contributed by atoms with Gasteiger partial charge in [0.25, 0.3) is 0 Å². The molecule has 0 fully saturated rings. The van der Waals surface area contributed by atoms with Crippen LogP contribution in [0.1, 0.15) is 34.5 Å². The van der Waals surface area contributed by atoms with Crippen molar-refractivity contribution in [3.63, 3.8) is 0 Å². The van der Waals surface area contributed by atoms with Crippen LogP contribution in [0.3, 0.4) is 0 Å². The van der Waals surface area contributed by atoms with E-state index in [2.05, 4.69) is 31.0 Å². The molecule has 9 heteroatoms. The largest absolute Gasteiger partial charge is 0.496 e. The molecular formula is C17H16BrF3N2O3. The lowest BCUT2D eigenvalue weighted by Crippen LogP contribution is -2.17. The number of methoxy groups -OCH3 is 2. The lowest BCUT2D eigenvalue weighted by molar-refractivity contribution is -0.137. The van der Waals surface area contributed by atoms with Crippen molar-refractivity contribution < 1.29 is 27.4 Å². The molecule has 0 spiro atoms. The number of rotatable bonds is 5. The first kappa shape index (κ1) is 20.0. The van der Waals surface area contributed by atoms with E-state index in [1.54, 1.807) is 25.1 Å². The quantitative estimate of drug-likeness (QED) is 0.685. The van der Waals surface area contributed by atoms with Gasteiger partial charge in [0.2, 0.25) is 0 Å². The fourth-order valence-electron chi connectivity index (χ4n) is 2.35. The molecule has 0 unspecified atom stereocenters. The molecular weight excluding hydrogens is 417 g/mol. The highest BCUT2D eigenvalue weighted by Crippen LogP contribution is 2.37. The van der Waals surface area contributed by atoms with Crippen LogP contribution in [0.4, 0.5) is 19.0 Å². The van der Waals surface area contributed by atoms with Gasteiger partial charge in [-0.1, -0.05) is 15.9 Å². The lowest BCUT2D eigenvalue weighted by atomic mass is 10.1. The zero-order chi connectivity index (χ0) is 19.5. The minimum absolute atomic E-state index is 0.280. The summed E-state index contributed by atoms with van der Waals surface area (Å²) >= 11 is 3.33. The number of nitrogens with zero attached hydrogens (tertiary/aromatic N) is 1. The Kier molecular flexibility index (Phi) is 6.12. The number of alkyl halides is 3. The Bertz CT molecular complexity index is 812. The van der Waals surface area contributed by atoms with Gasteiger partial charge in [-0.3, -0.25) is 0 Å². The molecule has 0 saturated heterocycles. The molecule has 2 aromatic rings. The molecule has 1 aromatic carbocycles. The summed E-state index contributed by atoms with van der Waals surface area (Å²) in [6.45, 7) is 1.68. The van der Waals surface area contributed by atoms with Crippen molar-refractivity contribution in [1.29, 1.82) is 0 Å². The molecule has 0 aliphatic heterocycles. The Balaban J connectivity index is 2.42. The number of anilines is 1. The van der Waals surface area contributed by atoms with Crippen LogP contribution in [0.25, 0.3) is 0 Å². The average molecular weight is 433 g/mol. The standard InChI is InChI=1S/C17H16BrF3N2O3/c1-9(12-7-11(18)4-5-14(12)25-2)23-15-13(17(19,20)21)6-10(8-22-15)16(24)26-3/h4-9H,1-3H3,(H,22,23)/t9-/m0/s1. The van der Waals surface area contributed by atoms with E-state index in [0.717, 1.165) is 17.8 Å². The maximum Gasteiger partial charge on any atom is 0.419 e. The number of esters is 1. The maximum atomic E-state index is 13.4. The average Bonchev–Trinajstić information content (AvgIpc) is 2.60. The van der Waals surface area contributed by atoms with E-state index >= 15 is 0 Å². The van der Waals surface area contributed by atoms with Crippen molar-refractivity contribution in [2.45, 2.75) is 19.1 Å². The van der Waals surface area contributed by atoms with Crippen molar-refractivity contribution >= 4 is 27.7 Å². The molecule has 0 radical (unpaired) electrons. The summed E-state index contributed by atoms with van der Waals surface area (Å²) in [5, 5.41) is 2.74. The number of carbonyl (C=O) groups excluding carboxylic acids is 1. The molecule has 5 nitrogen and oxygen atoms in total. The number of ether oxygens (including phenoxy) is 2. The van der Waals surface area contributed by atoms with Crippen molar-refractivity contribution in [1.82, 2.24) is 4.98 Å². The van der Waals surface area contributed by atoms with Gasteiger partial charge in [-0.05, 0) is 31.2 Å². The lowest BCUT2D eigenvalue weighted by Gasteiger charge is -2.21. The van der Waals surface area contributed by atoms with Gasteiger partial charge in [-0.2, -0.15) is 13.2 Å². The molecule has 2 rings (SSSR count). The molecule has 1 N–H and O–H groups in total. The Morgan fingerprint density at radius 1 is 1.27 bits per heavy atom. The van der Waals surface area contributed by atoms with E-state index < -0.39 is 23.8 Å². The van der Waals surface area contributed by atoms with E-state index in [-0.39, 0.29) is 11.4 Å². The van der Waals surface area contributed by atoms with Gasteiger partial charge in [0, 0.05) is 16.2 Å². The van der Waals surface area contributed by atoms with Crippen LogP contribution in [0.2, 0.25) is 0 Å². The summed E-state index contributed by atoms with van der Waals surface area (Å²) in [6, 6.07) is 5.38. The Labute approximate surface area is 156 Å². The first-order valence-corrected chi connectivity index (χ1v) is 8.22. The smallest absolute Gasteiger partial charge is 0.419 e. The maximum absolute atomic E-state index is 13.4. The molecule has 0 amide bonds. The van der Waals surface area contributed by atoms with Gasteiger partial charge in [-0.25, -0.2) is 9.78 Å². The van der Waals surface area contributed by atoms with E-state index in [1.807, 2.05) is 0 Å². The minimum atomic E-state index is -4.69. The van der Waals surface area contributed by atoms with Crippen LogP contribution in [-0.2, 0) is 10.9 Å². The van der Waals surface area contributed by atoms with Crippen LogP contribution >= 0.6 is 15.9 Å². The molecule has 0 bridgehead atoms. The second-order valence-electron chi connectivity index (χ2n) is 5.36. The van der Waals surface area contributed by atoms with Gasteiger partial charge in [0.1, 0.15) is 11.6 Å². The predicted octanol–water partition coefficient (Wildman–Crippen LogP) is 4.83. The Hall–Kier alpha value is -2.29. The highest BCUT2D eigenvalue weighted by molar-refractivity contribution is 9.10. The molecule has 0 saturated carbocycles. The van der Waals surface area contributed by atoms with Crippen molar-refractivity contribution in [3.8, 4) is 5.75 Å². The minimum Gasteiger partial charge on any atom is -0.496 e. The van der Waals surface area contributed by atoms with Crippen LogP contribution in [0.5, 0.6) is 5.75 Å². The fourth-order valence-corrected chi connectivity index (χ4v) is 2.73.